The Morgan fingerprint density at radius 3 is 2.41 bits per heavy atom. The minimum absolute atomic E-state index is 0.157. The summed E-state index contributed by atoms with van der Waals surface area (Å²) in [4.78, 5) is 12.1. The minimum Gasteiger partial charge on any atom is -0.395 e. The van der Waals surface area contributed by atoms with Crippen molar-refractivity contribution in [2.75, 3.05) is 12.4 Å². The summed E-state index contributed by atoms with van der Waals surface area (Å²) in [5, 5.41) is 7.76. The van der Waals surface area contributed by atoms with E-state index in [2.05, 4.69) is 0 Å². The average molecular weight is 256 g/mol. The molecule has 0 spiro atoms. The molecular formula is C12H16O4S. The topological polar surface area (TPSA) is 71.4 Å². The van der Waals surface area contributed by atoms with Crippen LogP contribution in [0.1, 0.15) is 22.8 Å². The van der Waals surface area contributed by atoms with Crippen LogP contribution in [0.4, 0.5) is 0 Å². The van der Waals surface area contributed by atoms with E-state index in [0.717, 1.165) is 0 Å². The van der Waals surface area contributed by atoms with Gasteiger partial charge in [-0.25, -0.2) is 8.42 Å². The number of hydrogen-bond acceptors (Lipinski definition) is 4. The molecule has 1 unspecified atom stereocenters. The second-order valence-electron chi connectivity index (χ2n) is 3.80. The Hall–Kier alpha value is -1.20. The summed E-state index contributed by atoms with van der Waals surface area (Å²) in [5.41, 5.74) is 1.06. The smallest absolute Gasteiger partial charge is 0.183 e. The van der Waals surface area contributed by atoms with Crippen LogP contribution < -0.4 is 0 Å². The maximum Gasteiger partial charge on any atom is 0.183 e. The van der Waals surface area contributed by atoms with Gasteiger partial charge in [0.25, 0.3) is 0 Å². The maximum atomic E-state index is 12.1. The van der Waals surface area contributed by atoms with Crippen LogP contribution in [0, 0.1) is 6.92 Å². The fourth-order valence-electron chi connectivity index (χ4n) is 1.58. The molecule has 1 rings (SSSR count). The molecule has 0 heterocycles. The van der Waals surface area contributed by atoms with Crippen molar-refractivity contribution in [3.05, 3.63) is 35.4 Å². The third kappa shape index (κ3) is 2.92. The number of aryl methyl sites for hydroxylation is 1. The van der Waals surface area contributed by atoms with Crippen LogP contribution in [0.3, 0.4) is 0 Å². The van der Waals surface area contributed by atoms with Gasteiger partial charge in [0.1, 0.15) is 5.25 Å². The van der Waals surface area contributed by atoms with E-state index < -0.39 is 27.5 Å². The van der Waals surface area contributed by atoms with Crippen LogP contribution in [0.15, 0.2) is 24.3 Å². The Morgan fingerprint density at radius 2 is 1.94 bits per heavy atom. The molecule has 0 fully saturated rings. The lowest BCUT2D eigenvalue weighted by Gasteiger charge is -2.14. The number of aliphatic hydroxyl groups is 1. The molecule has 0 aliphatic rings. The van der Waals surface area contributed by atoms with Gasteiger partial charge in [0.15, 0.2) is 15.6 Å². The molecule has 4 nitrogen and oxygen atoms in total. The molecule has 0 bridgehead atoms. The second-order valence-corrected chi connectivity index (χ2v) is 6.27. The highest BCUT2D eigenvalue weighted by atomic mass is 32.2. The molecule has 94 valence electrons. The Balaban J connectivity index is 3.16. The van der Waals surface area contributed by atoms with E-state index in [4.69, 9.17) is 5.11 Å². The van der Waals surface area contributed by atoms with E-state index >= 15 is 0 Å². The van der Waals surface area contributed by atoms with Crippen molar-refractivity contribution in [2.45, 2.75) is 19.1 Å². The van der Waals surface area contributed by atoms with Crippen LogP contribution >= 0.6 is 0 Å². The van der Waals surface area contributed by atoms with Gasteiger partial charge in [0, 0.05) is 11.3 Å². The van der Waals surface area contributed by atoms with Crippen molar-refractivity contribution in [1.29, 1.82) is 0 Å². The number of rotatable bonds is 5. The van der Waals surface area contributed by atoms with Crippen molar-refractivity contribution in [3.8, 4) is 0 Å². The molecule has 0 aromatic heterocycles. The van der Waals surface area contributed by atoms with E-state index in [9.17, 15) is 13.2 Å². The van der Waals surface area contributed by atoms with Crippen LogP contribution in [-0.4, -0.2) is 36.9 Å². The molecule has 1 N–H and O–H groups in total. The normalized spacial score (nSPS) is 13.4. The van der Waals surface area contributed by atoms with Gasteiger partial charge in [-0.15, -0.1) is 0 Å². The van der Waals surface area contributed by atoms with Gasteiger partial charge in [-0.3, -0.25) is 4.79 Å². The standard InChI is InChI=1S/C12H16O4S/c1-3-17(15,16)11(8-13)12(14)10-7-5-4-6-9(10)2/h4-7,11,13H,3,8H2,1-2H3. The summed E-state index contributed by atoms with van der Waals surface area (Å²) in [6.07, 6.45) is 0. The molecular weight excluding hydrogens is 240 g/mol. The van der Waals surface area contributed by atoms with Gasteiger partial charge < -0.3 is 5.11 Å². The van der Waals surface area contributed by atoms with Crippen LogP contribution in [0.5, 0.6) is 0 Å². The predicted molar refractivity (Wildman–Crippen MR) is 65.8 cm³/mol. The third-order valence-electron chi connectivity index (χ3n) is 2.70. The minimum atomic E-state index is -3.57. The number of aliphatic hydroxyl groups excluding tert-OH is 1. The van der Waals surface area contributed by atoms with Crippen molar-refractivity contribution >= 4 is 15.6 Å². The van der Waals surface area contributed by atoms with Crippen molar-refractivity contribution in [3.63, 3.8) is 0 Å². The number of sulfone groups is 1. The molecule has 1 aromatic rings. The van der Waals surface area contributed by atoms with Gasteiger partial charge in [0.2, 0.25) is 0 Å². The summed E-state index contributed by atoms with van der Waals surface area (Å²) in [5.74, 6) is -0.692. The molecule has 0 amide bonds. The first-order chi connectivity index (χ1) is 7.94. The lowest BCUT2D eigenvalue weighted by molar-refractivity contribution is 0.0961. The molecule has 1 atom stereocenters. The lowest BCUT2D eigenvalue weighted by atomic mass is 10.0. The van der Waals surface area contributed by atoms with E-state index in [1.54, 1.807) is 31.2 Å². The number of carbonyl (C=O) groups is 1. The molecule has 1 aromatic carbocycles. The zero-order valence-electron chi connectivity index (χ0n) is 9.88. The highest BCUT2D eigenvalue weighted by molar-refractivity contribution is 7.92. The predicted octanol–water partition coefficient (Wildman–Crippen LogP) is 0.973. The fraction of sp³-hybridized carbons (Fsp3) is 0.417. The van der Waals surface area contributed by atoms with Crippen molar-refractivity contribution in [1.82, 2.24) is 0 Å². The zero-order valence-corrected chi connectivity index (χ0v) is 10.7. The highest BCUT2D eigenvalue weighted by Crippen LogP contribution is 2.14. The monoisotopic (exact) mass is 256 g/mol. The first kappa shape index (κ1) is 13.9. The largest absolute Gasteiger partial charge is 0.395 e. The van der Waals surface area contributed by atoms with Gasteiger partial charge in [-0.1, -0.05) is 31.2 Å². The summed E-state index contributed by atoms with van der Waals surface area (Å²) in [6, 6.07) is 6.76. The molecule has 0 aliphatic carbocycles. The third-order valence-corrected chi connectivity index (χ3v) is 4.74. The summed E-state index contributed by atoms with van der Waals surface area (Å²) in [6.45, 7) is 2.52. The SMILES string of the molecule is CCS(=O)(=O)C(CO)C(=O)c1ccccc1C. The zero-order chi connectivity index (χ0) is 13.1. The molecule has 17 heavy (non-hydrogen) atoms. The van der Waals surface area contributed by atoms with Gasteiger partial charge in [-0.05, 0) is 12.5 Å². The highest BCUT2D eigenvalue weighted by Gasteiger charge is 2.31. The number of carbonyl (C=O) groups excluding carboxylic acids is 1. The first-order valence-corrected chi connectivity index (χ1v) is 7.07. The summed E-state index contributed by atoms with van der Waals surface area (Å²) >= 11 is 0. The summed E-state index contributed by atoms with van der Waals surface area (Å²) < 4.78 is 23.4. The van der Waals surface area contributed by atoms with Crippen molar-refractivity contribution in [2.24, 2.45) is 0 Å². The van der Waals surface area contributed by atoms with Gasteiger partial charge >= 0.3 is 0 Å². The van der Waals surface area contributed by atoms with Crippen molar-refractivity contribution < 1.29 is 18.3 Å². The van der Waals surface area contributed by atoms with Crippen LogP contribution in [0.2, 0.25) is 0 Å². The average Bonchev–Trinajstić information content (AvgIpc) is 2.30. The maximum absolute atomic E-state index is 12.1. The Morgan fingerprint density at radius 1 is 1.35 bits per heavy atom. The number of benzene rings is 1. The van der Waals surface area contributed by atoms with Crippen LogP contribution in [0.25, 0.3) is 0 Å². The molecule has 0 aliphatic heterocycles. The molecule has 0 radical (unpaired) electrons. The number of ketones is 1. The Kier molecular flexibility index (Phi) is 4.42. The van der Waals surface area contributed by atoms with E-state index in [1.165, 1.54) is 6.92 Å². The number of Topliss-reactive ketones (excluding diaryl/α,β-unsaturated/α-hetero) is 1. The van der Waals surface area contributed by atoms with Gasteiger partial charge in [0.05, 0.1) is 6.61 Å². The van der Waals surface area contributed by atoms with Crippen LogP contribution in [-0.2, 0) is 9.84 Å². The van der Waals surface area contributed by atoms with E-state index in [0.29, 0.717) is 11.1 Å². The Bertz CT molecular complexity index is 505. The summed E-state index contributed by atoms with van der Waals surface area (Å²) in [7, 11) is -3.57. The Labute approximate surface area is 101 Å². The first-order valence-electron chi connectivity index (χ1n) is 5.36. The fourth-order valence-corrected chi connectivity index (χ4v) is 2.67. The number of hydrogen-bond donors (Lipinski definition) is 1. The van der Waals surface area contributed by atoms with Gasteiger partial charge in [-0.2, -0.15) is 0 Å². The quantitative estimate of drug-likeness (QED) is 0.797. The molecule has 5 heteroatoms. The second kappa shape index (κ2) is 5.42. The molecule has 0 saturated carbocycles. The lowest BCUT2D eigenvalue weighted by Crippen LogP contribution is -2.35. The van der Waals surface area contributed by atoms with E-state index in [1.807, 2.05) is 0 Å². The van der Waals surface area contributed by atoms with E-state index in [-0.39, 0.29) is 5.75 Å². The molecule has 0 saturated heterocycles.